The van der Waals surface area contributed by atoms with Crippen LogP contribution in [0.25, 0.3) is 0 Å². The average Bonchev–Trinajstić information content (AvgIpc) is 3.04. The van der Waals surface area contributed by atoms with E-state index in [1.807, 2.05) is 0 Å². The standard InChI is InChI=1S/C21H27N3O2S/c1-14(2)13-24-16(4)15(3)22-21(24)27-12-8-7-11-23-19(25)17-9-5-6-10-18(17)20(23)26/h5-6,9-10,14H,7-8,11-13H2,1-4H3. The van der Waals surface area contributed by atoms with Gasteiger partial charge in [0.15, 0.2) is 5.16 Å². The predicted molar refractivity (Wildman–Crippen MR) is 108 cm³/mol. The fourth-order valence-corrected chi connectivity index (χ4v) is 4.39. The second-order valence-corrected chi connectivity index (χ2v) is 8.49. The molecule has 6 heteroatoms. The van der Waals surface area contributed by atoms with Crippen molar-refractivity contribution in [2.75, 3.05) is 12.3 Å². The lowest BCUT2D eigenvalue weighted by atomic mass is 10.1. The molecule has 144 valence electrons. The summed E-state index contributed by atoms with van der Waals surface area (Å²) in [4.78, 5) is 30.8. The summed E-state index contributed by atoms with van der Waals surface area (Å²) < 4.78 is 2.30. The number of benzene rings is 1. The van der Waals surface area contributed by atoms with Crippen molar-refractivity contribution in [2.45, 2.75) is 52.2 Å². The van der Waals surface area contributed by atoms with Crippen LogP contribution >= 0.6 is 11.8 Å². The monoisotopic (exact) mass is 385 g/mol. The second kappa shape index (κ2) is 8.30. The Morgan fingerprint density at radius 3 is 2.26 bits per heavy atom. The molecule has 1 aliphatic rings. The number of unbranched alkanes of at least 4 members (excludes halogenated alkanes) is 1. The Labute approximate surface area is 165 Å². The lowest BCUT2D eigenvalue weighted by Crippen LogP contribution is -2.30. The maximum Gasteiger partial charge on any atom is 0.261 e. The lowest BCUT2D eigenvalue weighted by Gasteiger charge is -2.14. The number of rotatable bonds is 8. The number of imidazole rings is 1. The van der Waals surface area contributed by atoms with Gasteiger partial charge in [0.05, 0.1) is 16.8 Å². The van der Waals surface area contributed by atoms with E-state index in [4.69, 9.17) is 4.98 Å². The molecule has 0 fully saturated rings. The van der Waals surface area contributed by atoms with Gasteiger partial charge in [-0.3, -0.25) is 14.5 Å². The predicted octanol–water partition coefficient (Wildman–Crippen LogP) is 4.32. The van der Waals surface area contributed by atoms with Crippen molar-refractivity contribution in [1.82, 2.24) is 14.5 Å². The quantitative estimate of drug-likeness (QED) is 0.386. The van der Waals surface area contributed by atoms with E-state index in [-0.39, 0.29) is 11.8 Å². The Morgan fingerprint density at radius 2 is 1.67 bits per heavy atom. The molecule has 1 aromatic heterocycles. The minimum atomic E-state index is -0.165. The van der Waals surface area contributed by atoms with E-state index in [2.05, 4.69) is 32.3 Å². The number of fused-ring (bicyclic) bond motifs is 1. The number of amides is 2. The molecule has 0 saturated heterocycles. The van der Waals surface area contributed by atoms with Crippen molar-refractivity contribution in [3.05, 3.63) is 46.8 Å². The third-order valence-corrected chi connectivity index (χ3v) is 5.92. The first kappa shape index (κ1) is 19.7. The molecule has 2 amide bonds. The van der Waals surface area contributed by atoms with E-state index >= 15 is 0 Å². The molecular weight excluding hydrogens is 358 g/mol. The van der Waals surface area contributed by atoms with E-state index in [9.17, 15) is 9.59 Å². The van der Waals surface area contributed by atoms with Crippen LogP contribution in [0.5, 0.6) is 0 Å². The molecule has 0 bridgehead atoms. The first-order chi connectivity index (χ1) is 12.9. The SMILES string of the molecule is Cc1nc(SCCCCN2C(=O)c3ccccc3C2=O)n(CC(C)C)c1C. The number of imide groups is 1. The highest BCUT2D eigenvalue weighted by molar-refractivity contribution is 7.99. The maximum absolute atomic E-state index is 12.4. The first-order valence-electron chi connectivity index (χ1n) is 9.52. The maximum atomic E-state index is 12.4. The Morgan fingerprint density at radius 1 is 1.04 bits per heavy atom. The van der Waals surface area contributed by atoms with Crippen molar-refractivity contribution < 1.29 is 9.59 Å². The number of nitrogens with zero attached hydrogens (tertiary/aromatic N) is 3. The van der Waals surface area contributed by atoms with Gasteiger partial charge in [-0.2, -0.15) is 0 Å². The average molecular weight is 386 g/mol. The molecule has 2 heterocycles. The lowest BCUT2D eigenvalue weighted by molar-refractivity contribution is 0.0652. The van der Waals surface area contributed by atoms with Crippen LogP contribution in [0.15, 0.2) is 29.4 Å². The topological polar surface area (TPSA) is 55.2 Å². The summed E-state index contributed by atoms with van der Waals surface area (Å²) in [5.41, 5.74) is 3.37. The molecule has 1 aliphatic heterocycles. The largest absolute Gasteiger partial charge is 0.323 e. The molecule has 0 spiro atoms. The summed E-state index contributed by atoms with van der Waals surface area (Å²) >= 11 is 1.76. The number of aryl methyl sites for hydroxylation is 1. The highest BCUT2D eigenvalue weighted by Gasteiger charge is 2.34. The normalized spacial score (nSPS) is 13.7. The molecule has 27 heavy (non-hydrogen) atoms. The van der Waals surface area contributed by atoms with Crippen LogP contribution in [0.3, 0.4) is 0 Å². The fourth-order valence-electron chi connectivity index (χ4n) is 3.29. The fraction of sp³-hybridized carbons (Fsp3) is 0.476. The van der Waals surface area contributed by atoms with Crippen LogP contribution < -0.4 is 0 Å². The molecule has 0 unspecified atom stereocenters. The Kier molecular flexibility index (Phi) is 6.05. The highest BCUT2D eigenvalue weighted by Crippen LogP contribution is 2.25. The van der Waals surface area contributed by atoms with Gasteiger partial charge in [0.1, 0.15) is 0 Å². The molecular formula is C21H27N3O2S. The van der Waals surface area contributed by atoms with Gasteiger partial charge in [-0.25, -0.2) is 4.98 Å². The number of carbonyl (C=O) groups excluding carboxylic acids is 2. The molecule has 0 atom stereocenters. The van der Waals surface area contributed by atoms with E-state index in [1.165, 1.54) is 10.6 Å². The van der Waals surface area contributed by atoms with Gasteiger partial charge in [-0.15, -0.1) is 0 Å². The Hall–Kier alpha value is -2.08. The molecule has 0 aliphatic carbocycles. The van der Waals surface area contributed by atoms with Crippen molar-refractivity contribution in [3.63, 3.8) is 0 Å². The summed E-state index contributed by atoms with van der Waals surface area (Å²) in [6, 6.07) is 7.05. The van der Waals surface area contributed by atoms with Crippen molar-refractivity contribution in [3.8, 4) is 0 Å². The molecule has 1 aromatic carbocycles. The number of hydrogen-bond acceptors (Lipinski definition) is 4. The van der Waals surface area contributed by atoms with Crippen molar-refractivity contribution in [2.24, 2.45) is 5.92 Å². The van der Waals surface area contributed by atoms with E-state index in [1.54, 1.807) is 36.0 Å². The van der Waals surface area contributed by atoms with Gasteiger partial charge in [-0.1, -0.05) is 37.7 Å². The summed E-state index contributed by atoms with van der Waals surface area (Å²) in [5, 5.41) is 1.07. The van der Waals surface area contributed by atoms with Crippen LogP contribution in [0, 0.1) is 19.8 Å². The van der Waals surface area contributed by atoms with E-state index in [0.717, 1.165) is 36.0 Å². The number of carbonyl (C=O) groups is 2. The van der Waals surface area contributed by atoms with Gasteiger partial charge < -0.3 is 4.57 Å². The first-order valence-corrected chi connectivity index (χ1v) is 10.5. The van der Waals surface area contributed by atoms with E-state index in [0.29, 0.717) is 23.6 Å². The van der Waals surface area contributed by atoms with Crippen LogP contribution in [-0.4, -0.2) is 38.6 Å². The van der Waals surface area contributed by atoms with E-state index < -0.39 is 0 Å². The zero-order valence-electron chi connectivity index (χ0n) is 16.5. The number of hydrogen-bond donors (Lipinski definition) is 0. The second-order valence-electron chi connectivity index (χ2n) is 7.43. The minimum Gasteiger partial charge on any atom is -0.323 e. The molecule has 3 rings (SSSR count). The summed E-state index contributed by atoms with van der Waals surface area (Å²) in [6.45, 7) is 10.1. The van der Waals surface area contributed by atoms with Gasteiger partial charge in [0.25, 0.3) is 11.8 Å². The highest BCUT2D eigenvalue weighted by atomic mass is 32.2. The third-order valence-electron chi connectivity index (χ3n) is 4.86. The number of aromatic nitrogens is 2. The zero-order valence-corrected chi connectivity index (χ0v) is 17.3. The molecule has 2 aromatic rings. The smallest absolute Gasteiger partial charge is 0.261 e. The van der Waals surface area contributed by atoms with Crippen molar-refractivity contribution >= 4 is 23.6 Å². The molecule has 0 N–H and O–H groups in total. The van der Waals surface area contributed by atoms with Crippen molar-refractivity contribution in [1.29, 1.82) is 0 Å². The van der Waals surface area contributed by atoms with Gasteiger partial charge in [0.2, 0.25) is 0 Å². The van der Waals surface area contributed by atoms with Gasteiger partial charge >= 0.3 is 0 Å². The van der Waals surface area contributed by atoms with Crippen LogP contribution in [0.2, 0.25) is 0 Å². The number of thioether (sulfide) groups is 1. The van der Waals surface area contributed by atoms with Crippen LogP contribution in [0.4, 0.5) is 0 Å². The molecule has 0 saturated carbocycles. The summed E-state index contributed by atoms with van der Waals surface area (Å²) in [5.74, 6) is 1.17. The Balaban J connectivity index is 1.50. The van der Waals surface area contributed by atoms with Crippen LogP contribution in [-0.2, 0) is 6.54 Å². The third kappa shape index (κ3) is 4.10. The molecule has 5 nitrogen and oxygen atoms in total. The summed E-state index contributed by atoms with van der Waals surface area (Å²) in [7, 11) is 0. The van der Waals surface area contributed by atoms with Crippen LogP contribution in [0.1, 0.15) is 58.8 Å². The molecule has 0 radical (unpaired) electrons. The Bertz CT molecular complexity index is 822. The zero-order chi connectivity index (χ0) is 19.6. The van der Waals surface area contributed by atoms with Gasteiger partial charge in [0, 0.05) is 24.5 Å². The summed E-state index contributed by atoms with van der Waals surface area (Å²) in [6.07, 6.45) is 1.74. The van der Waals surface area contributed by atoms with Gasteiger partial charge in [-0.05, 0) is 44.7 Å². The minimum absolute atomic E-state index is 0.165.